The molecule has 0 spiro atoms. The maximum absolute atomic E-state index is 13.3. The van der Waals surface area contributed by atoms with Crippen molar-refractivity contribution in [1.29, 1.82) is 0 Å². The van der Waals surface area contributed by atoms with Gasteiger partial charge in [0.25, 0.3) is 5.56 Å². The molecule has 0 unspecified atom stereocenters. The second kappa shape index (κ2) is 7.99. The summed E-state index contributed by atoms with van der Waals surface area (Å²) in [5.41, 5.74) is 0.755. The zero-order valence-electron chi connectivity index (χ0n) is 15.2. The van der Waals surface area contributed by atoms with E-state index in [0.717, 1.165) is 0 Å². The Morgan fingerprint density at radius 2 is 1.81 bits per heavy atom. The number of urea groups is 1. The highest BCUT2D eigenvalue weighted by molar-refractivity contribution is 5.78. The monoisotopic (exact) mass is 368 g/mol. The molecule has 2 amide bonds. The second-order valence-electron chi connectivity index (χ2n) is 6.62. The van der Waals surface area contributed by atoms with Crippen molar-refractivity contribution >= 4 is 16.9 Å². The van der Waals surface area contributed by atoms with Gasteiger partial charge in [-0.2, -0.15) is 0 Å². The number of benzene rings is 2. The molecule has 3 aromatic rings. The van der Waals surface area contributed by atoms with Crippen molar-refractivity contribution in [3.8, 4) is 5.69 Å². The molecule has 7 heteroatoms. The molecule has 140 valence electrons. The molecule has 0 atom stereocenters. The Bertz CT molecular complexity index is 1010. The van der Waals surface area contributed by atoms with Crippen LogP contribution in [0.5, 0.6) is 0 Å². The van der Waals surface area contributed by atoms with E-state index in [1.165, 1.54) is 28.8 Å². The van der Waals surface area contributed by atoms with Gasteiger partial charge in [0.05, 0.1) is 23.1 Å². The van der Waals surface area contributed by atoms with Crippen LogP contribution in [0.15, 0.2) is 53.3 Å². The molecule has 0 saturated carbocycles. The minimum absolute atomic E-state index is 0.0569. The number of hydrogen-bond donors (Lipinski definition) is 2. The number of halogens is 1. The van der Waals surface area contributed by atoms with Gasteiger partial charge in [-0.25, -0.2) is 14.2 Å². The van der Waals surface area contributed by atoms with Crippen LogP contribution < -0.4 is 16.2 Å². The van der Waals surface area contributed by atoms with Crippen LogP contribution in [0, 0.1) is 11.7 Å². The molecule has 0 fully saturated rings. The van der Waals surface area contributed by atoms with Crippen molar-refractivity contribution in [3.63, 3.8) is 0 Å². The first-order valence-corrected chi connectivity index (χ1v) is 8.74. The molecule has 0 aliphatic rings. The highest BCUT2D eigenvalue weighted by Gasteiger charge is 2.13. The summed E-state index contributed by atoms with van der Waals surface area (Å²) in [7, 11) is 0. The van der Waals surface area contributed by atoms with Crippen molar-refractivity contribution in [3.05, 3.63) is 70.5 Å². The number of para-hydroxylation sites is 1. The second-order valence-corrected chi connectivity index (χ2v) is 6.62. The number of carbonyl (C=O) groups excluding carboxylic acids is 1. The molecule has 1 aromatic heterocycles. The number of aromatic nitrogens is 2. The molecule has 2 aromatic carbocycles. The van der Waals surface area contributed by atoms with Crippen LogP contribution in [0.1, 0.15) is 19.7 Å². The highest BCUT2D eigenvalue weighted by atomic mass is 19.1. The molecule has 0 radical (unpaired) electrons. The van der Waals surface area contributed by atoms with Crippen LogP contribution in [0.25, 0.3) is 16.6 Å². The van der Waals surface area contributed by atoms with E-state index in [9.17, 15) is 14.0 Å². The lowest BCUT2D eigenvalue weighted by atomic mass is 10.2. The van der Waals surface area contributed by atoms with Gasteiger partial charge in [0, 0.05) is 6.54 Å². The van der Waals surface area contributed by atoms with E-state index < -0.39 is 5.82 Å². The summed E-state index contributed by atoms with van der Waals surface area (Å²) in [5, 5.41) is 5.93. The quantitative estimate of drug-likeness (QED) is 0.727. The molecule has 0 bridgehead atoms. The number of fused-ring (bicyclic) bond motifs is 1. The molecular formula is C20H21FN4O2. The Labute approximate surface area is 156 Å². The standard InChI is InChI=1S/C20H21FN4O2/c1-13(2)11-22-20(27)23-12-18-24-17-6-4-3-5-16(17)19(26)25(18)15-9-7-14(21)8-10-15/h3-10,13H,11-12H2,1-2H3,(H2,22,23,27). The van der Waals surface area contributed by atoms with Crippen molar-refractivity contribution in [1.82, 2.24) is 20.2 Å². The highest BCUT2D eigenvalue weighted by Crippen LogP contribution is 2.13. The number of nitrogens with one attached hydrogen (secondary N) is 2. The zero-order chi connectivity index (χ0) is 19.4. The van der Waals surface area contributed by atoms with E-state index in [-0.39, 0.29) is 18.1 Å². The Kier molecular flexibility index (Phi) is 5.49. The van der Waals surface area contributed by atoms with Crippen LogP contribution in [0.2, 0.25) is 0 Å². The Hall–Kier alpha value is -3.22. The average Bonchev–Trinajstić information content (AvgIpc) is 2.66. The van der Waals surface area contributed by atoms with Crippen molar-refractivity contribution < 1.29 is 9.18 Å². The van der Waals surface area contributed by atoms with E-state index in [0.29, 0.717) is 34.9 Å². The molecule has 2 N–H and O–H groups in total. The summed E-state index contributed by atoms with van der Waals surface area (Å²) >= 11 is 0. The lowest BCUT2D eigenvalue weighted by Crippen LogP contribution is -2.38. The molecule has 6 nitrogen and oxygen atoms in total. The predicted molar refractivity (Wildman–Crippen MR) is 102 cm³/mol. The average molecular weight is 368 g/mol. The maximum Gasteiger partial charge on any atom is 0.315 e. The predicted octanol–water partition coefficient (Wildman–Crippen LogP) is 2.98. The van der Waals surface area contributed by atoms with Gasteiger partial charge in [0.2, 0.25) is 0 Å². The lowest BCUT2D eigenvalue weighted by molar-refractivity contribution is 0.239. The van der Waals surface area contributed by atoms with Gasteiger partial charge in [-0.05, 0) is 42.3 Å². The van der Waals surface area contributed by atoms with Gasteiger partial charge < -0.3 is 10.6 Å². The number of carbonyl (C=O) groups is 1. The SMILES string of the molecule is CC(C)CNC(=O)NCc1nc2ccccc2c(=O)n1-c1ccc(F)cc1. The fraction of sp³-hybridized carbons (Fsp3) is 0.250. The van der Waals surface area contributed by atoms with Crippen LogP contribution in [0.4, 0.5) is 9.18 Å². The van der Waals surface area contributed by atoms with Crippen LogP contribution >= 0.6 is 0 Å². The lowest BCUT2D eigenvalue weighted by Gasteiger charge is -2.15. The fourth-order valence-electron chi connectivity index (χ4n) is 2.67. The van der Waals surface area contributed by atoms with Crippen molar-refractivity contribution in [2.45, 2.75) is 20.4 Å². The van der Waals surface area contributed by atoms with Gasteiger partial charge in [-0.15, -0.1) is 0 Å². The van der Waals surface area contributed by atoms with E-state index in [1.807, 2.05) is 13.8 Å². The van der Waals surface area contributed by atoms with Crippen molar-refractivity contribution in [2.24, 2.45) is 5.92 Å². The van der Waals surface area contributed by atoms with Gasteiger partial charge in [0.15, 0.2) is 0 Å². The summed E-state index contributed by atoms with van der Waals surface area (Å²) in [5.74, 6) is 0.297. The van der Waals surface area contributed by atoms with Crippen LogP contribution in [-0.4, -0.2) is 22.1 Å². The van der Waals surface area contributed by atoms with E-state index >= 15 is 0 Å². The number of rotatable bonds is 5. The van der Waals surface area contributed by atoms with Crippen molar-refractivity contribution in [2.75, 3.05) is 6.54 Å². The molecule has 0 aliphatic carbocycles. The smallest absolute Gasteiger partial charge is 0.315 e. The van der Waals surface area contributed by atoms with Crippen LogP contribution in [0.3, 0.4) is 0 Å². The summed E-state index contributed by atoms with van der Waals surface area (Å²) in [6.07, 6.45) is 0. The van der Waals surface area contributed by atoms with Crippen LogP contribution in [-0.2, 0) is 6.54 Å². The molecular weight excluding hydrogens is 347 g/mol. The number of nitrogens with zero attached hydrogens (tertiary/aromatic N) is 2. The van der Waals surface area contributed by atoms with E-state index in [2.05, 4.69) is 15.6 Å². The summed E-state index contributed by atoms with van der Waals surface area (Å²) in [4.78, 5) is 29.5. The first-order chi connectivity index (χ1) is 13.0. The minimum atomic E-state index is -0.395. The van der Waals surface area contributed by atoms with Gasteiger partial charge in [0.1, 0.15) is 11.6 Å². The Morgan fingerprint density at radius 3 is 2.52 bits per heavy atom. The zero-order valence-corrected chi connectivity index (χ0v) is 15.2. The third-order valence-corrected chi connectivity index (χ3v) is 4.01. The largest absolute Gasteiger partial charge is 0.338 e. The summed E-state index contributed by atoms with van der Waals surface area (Å²) in [6, 6.07) is 12.2. The third kappa shape index (κ3) is 4.31. The number of hydrogen-bond acceptors (Lipinski definition) is 3. The molecule has 3 rings (SSSR count). The van der Waals surface area contributed by atoms with Gasteiger partial charge in [-0.1, -0.05) is 26.0 Å². The molecule has 0 saturated heterocycles. The topological polar surface area (TPSA) is 76.0 Å². The molecule has 0 aliphatic heterocycles. The first-order valence-electron chi connectivity index (χ1n) is 8.74. The van der Waals surface area contributed by atoms with Gasteiger partial charge >= 0.3 is 6.03 Å². The number of amides is 2. The van der Waals surface area contributed by atoms with E-state index in [4.69, 9.17) is 0 Å². The summed E-state index contributed by atoms with van der Waals surface area (Å²) in [6.45, 7) is 4.60. The minimum Gasteiger partial charge on any atom is -0.338 e. The molecule has 27 heavy (non-hydrogen) atoms. The normalized spacial score (nSPS) is 11.0. The molecule has 1 heterocycles. The maximum atomic E-state index is 13.3. The first kappa shape index (κ1) is 18.6. The Balaban J connectivity index is 1.99. The summed E-state index contributed by atoms with van der Waals surface area (Å²) < 4.78 is 14.7. The fourth-order valence-corrected chi connectivity index (χ4v) is 2.67. The third-order valence-electron chi connectivity index (χ3n) is 4.01. The van der Waals surface area contributed by atoms with E-state index in [1.54, 1.807) is 24.3 Å². The van der Waals surface area contributed by atoms with Gasteiger partial charge in [-0.3, -0.25) is 9.36 Å². The Morgan fingerprint density at radius 1 is 1.11 bits per heavy atom.